The predicted octanol–water partition coefficient (Wildman–Crippen LogP) is 4.09. The van der Waals surface area contributed by atoms with E-state index in [4.69, 9.17) is 14.2 Å². The van der Waals surface area contributed by atoms with Crippen molar-refractivity contribution in [2.75, 3.05) is 43.6 Å². The van der Waals surface area contributed by atoms with Crippen LogP contribution >= 0.6 is 0 Å². The van der Waals surface area contributed by atoms with Crippen molar-refractivity contribution in [2.45, 2.75) is 51.0 Å². The summed E-state index contributed by atoms with van der Waals surface area (Å²) in [4.78, 5) is 24.2. The number of aromatic nitrogens is 2. The topological polar surface area (TPSA) is 85.8 Å². The summed E-state index contributed by atoms with van der Waals surface area (Å²) in [5.74, 6) is 2.12. The van der Waals surface area contributed by atoms with E-state index in [1.807, 2.05) is 25.1 Å². The molecule has 8 nitrogen and oxygen atoms in total. The number of amides is 1. The molecule has 1 saturated heterocycles. The second kappa shape index (κ2) is 8.91. The number of anilines is 2. The van der Waals surface area contributed by atoms with Gasteiger partial charge in [-0.25, -0.2) is 9.97 Å². The SMILES string of the molecule is COC12CCC(C(=O)Nc3ccc(Oc4cnc(N5CCOCC5)nc4)c(C)c3)(CC1)CC2. The minimum atomic E-state index is -0.261. The Bertz CT molecular complexity index is 979. The fraction of sp³-hybridized carbons (Fsp3) is 0.560. The van der Waals surface area contributed by atoms with Gasteiger partial charge in [0, 0.05) is 31.3 Å². The molecule has 1 aliphatic heterocycles. The lowest BCUT2D eigenvalue weighted by molar-refractivity contribution is -0.148. The number of aryl methyl sites for hydroxylation is 1. The summed E-state index contributed by atoms with van der Waals surface area (Å²) in [6, 6.07) is 5.74. The number of hydrogen-bond donors (Lipinski definition) is 1. The van der Waals surface area contributed by atoms with Crippen molar-refractivity contribution in [2.24, 2.45) is 5.41 Å². The molecule has 4 aliphatic rings. The molecular formula is C25H32N4O4. The molecule has 1 amide bonds. The first-order valence-electron chi connectivity index (χ1n) is 11.8. The third-order valence-electron chi connectivity index (χ3n) is 7.66. The lowest BCUT2D eigenvalue weighted by atomic mass is 9.58. The molecule has 176 valence electrons. The van der Waals surface area contributed by atoms with Crippen molar-refractivity contribution in [3.8, 4) is 11.5 Å². The number of nitrogens with zero attached hydrogens (tertiary/aromatic N) is 3. The van der Waals surface area contributed by atoms with E-state index in [0.29, 0.717) is 30.7 Å². The van der Waals surface area contributed by atoms with Gasteiger partial charge in [0.2, 0.25) is 11.9 Å². The van der Waals surface area contributed by atoms with Crippen LogP contribution in [0.15, 0.2) is 30.6 Å². The van der Waals surface area contributed by atoms with Crippen molar-refractivity contribution in [3.63, 3.8) is 0 Å². The summed E-state index contributed by atoms with van der Waals surface area (Å²) in [6.45, 7) is 4.94. The average Bonchev–Trinajstić information content (AvgIpc) is 2.88. The number of methoxy groups -OCH3 is 1. The number of fused-ring (bicyclic) bond motifs is 3. The molecule has 4 fully saturated rings. The molecule has 3 aliphatic carbocycles. The fourth-order valence-electron chi connectivity index (χ4n) is 5.32. The van der Waals surface area contributed by atoms with Crippen LogP contribution in [0.2, 0.25) is 0 Å². The molecular weight excluding hydrogens is 420 g/mol. The van der Waals surface area contributed by atoms with Crippen LogP contribution in [0.4, 0.5) is 11.6 Å². The number of morpholine rings is 1. The van der Waals surface area contributed by atoms with Crippen LogP contribution in [0.3, 0.4) is 0 Å². The standard InChI is InChI=1S/C25H32N4O4/c1-18-15-19(28-22(30)24-5-8-25(31-2,9-6-24)10-7-24)3-4-21(18)33-20-16-26-23(27-17-20)29-11-13-32-14-12-29/h3-4,15-17H,5-14H2,1-2H3,(H,28,30). The van der Waals surface area contributed by atoms with Gasteiger partial charge in [0.15, 0.2) is 5.75 Å². The summed E-state index contributed by atoms with van der Waals surface area (Å²) < 4.78 is 17.1. The number of carbonyl (C=O) groups is 1. The number of hydrogen-bond acceptors (Lipinski definition) is 7. The fourth-order valence-corrected chi connectivity index (χ4v) is 5.32. The Morgan fingerprint density at radius 3 is 2.33 bits per heavy atom. The largest absolute Gasteiger partial charge is 0.454 e. The van der Waals surface area contributed by atoms with Gasteiger partial charge in [-0.1, -0.05) is 0 Å². The van der Waals surface area contributed by atoms with E-state index in [0.717, 1.165) is 62.9 Å². The van der Waals surface area contributed by atoms with Gasteiger partial charge in [-0.3, -0.25) is 4.79 Å². The zero-order valence-corrected chi connectivity index (χ0v) is 19.4. The van der Waals surface area contributed by atoms with E-state index in [1.165, 1.54) is 0 Å². The first kappa shape index (κ1) is 22.1. The minimum absolute atomic E-state index is 0.00170. The van der Waals surface area contributed by atoms with Crippen LogP contribution in [0.25, 0.3) is 0 Å². The van der Waals surface area contributed by atoms with Crippen LogP contribution < -0.4 is 15.0 Å². The van der Waals surface area contributed by atoms with Crippen LogP contribution in [0, 0.1) is 12.3 Å². The summed E-state index contributed by atoms with van der Waals surface area (Å²) in [6.07, 6.45) is 8.98. The highest BCUT2D eigenvalue weighted by Gasteiger charge is 2.52. The van der Waals surface area contributed by atoms with E-state index in [9.17, 15) is 4.79 Å². The van der Waals surface area contributed by atoms with Gasteiger partial charge in [0.05, 0.1) is 31.2 Å². The van der Waals surface area contributed by atoms with Gasteiger partial charge in [-0.15, -0.1) is 0 Å². The van der Waals surface area contributed by atoms with Crippen LogP contribution in [0.1, 0.15) is 44.1 Å². The van der Waals surface area contributed by atoms with Gasteiger partial charge >= 0.3 is 0 Å². The average molecular weight is 453 g/mol. The number of rotatable bonds is 6. The Labute approximate surface area is 194 Å². The molecule has 33 heavy (non-hydrogen) atoms. The normalized spacial score (nSPS) is 26.8. The lowest BCUT2D eigenvalue weighted by Crippen LogP contribution is -2.51. The second-order valence-electron chi connectivity index (χ2n) is 9.52. The Balaban J connectivity index is 1.21. The molecule has 0 radical (unpaired) electrons. The number of benzene rings is 1. The van der Waals surface area contributed by atoms with Crippen molar-refractivity contribution >= 4 is 17.5 Å². The monoisotopic (exact) mass is 452 g/mol. The van der Waals surface area contributed by atoms with Gasteiger partial charge in [0.25, 0.3) is 0 Å². The molecule has 1 aromatic heterocycles. The quantitative estimate of drug-likeness (QED) is 0.706. The molecule has 2 heterocycles. The van der Waals surface area contributed by atoms with Crippen molar-refractivity contribution in [1.29, 1.82) is 0 Å². The Morgan fingerprint density at radius 2 is 1.73 bits per heavy atom. The van der Waals surface area contributed by atoms with E-state index in [-0.39, 0.29) is 16.9 Å². The highest BCUT2D eigenvalue weighted by Crippen LogP contribution is 2.54. The molecule has 2 aromatic rings. The van der Waals surface area contributed by atoms with Gasteiger partial charge < -0.3 is 24.4 Å². The van der Waals surface area contributed by atoms with Crippen molar-refractivity contribution in [1.82, 2.24) is 9.97 Å². The van der Waals surface area contributed by atoms with Crippen molar-refractivity contribution < 1.29 is 19.0 Å². The zero-order valence-electron chi connectivity index (χ0n) is 19.4. The predicted molar refractivity (Wildman–Crippen MR) is 125 cm³/mol. The summed E-state index contributed by atoms with van der Waals surface area (Å²) in [5, 5.41) is 3.16. The molecule has 1 N–H and O–H groups in total. The van der Waals surface area contributed by atoms with Gasteiger partial charge in [-0.2, -0.15) is 0 Å². The first-order valence-corrected chi connectivity index (χ1v) is 11.8. The molecule has 0 atom stereocenters. The van der Waals surface area contributed by atoms with Crippen LogP contribution in [0.5, 0.6) is 11.5 Å². The summed E-state index contributed by atoms with van der Waals surface area (Å²) in [5.41, 5.74) is 1.48. The first-order chi connectivity index (χ1) is 16.0. The smallest absolute Gasteiger partial charge is 0.230 e. The minimum Gasteiger partial charge on any atom is -0.454 e. The molecule has 6 rings (SSSR count). The van der Waals surface area contributed by atoms with E-state index in [2.05, 4.69) is 20.2 Å². The van der Waals surface area contributed by atoms with E-state index < -0.39 is 0 Å². The highest BCUT2D eigenvalue weighted by atomic mass is 16.5. The Kier molecular flexibility index (Phi) is 5.97. The van der Waals surface area contributed by atoms with Crippen molar-refractivity contribution in [3.05, 3.63) is 36.2 Å². The number of carbonyl (C=O) groups excluding carboxylic acids is 1. The Hall–Kier alpha value is -2.71. The van der Waals surface area contributed by atoms with Gasteiger partial charge in [0.1, 0.15) is 5.75 Å². The van der Waals surface area contributed by atoms with E-state index in [1.54, 1.807) is 19.5 Å². The molecule has 0 unspecified atom stereocenters. The van der Waals surface area contributed by atoms with E-state index >= 15 is 0 Å². The number of nitrogens with one attached hydrogen (secondary N) is 1. The highest BCUT2D eigenvalue weighted by molar-refractivity contribution is 5.95. The van der Waals surface area contributed by atoms with Crippen LogP contribution in [-0.4, -0.2) is 54.9 Å². The molecule has 1 aromatic carbocycles. The maximum Gasteiger partial charge on any atom is 0.230 e. The maximum absolute atomic E-state index is 13.2. The number of ether oxygens (including phenoxy) is 3. The maximum atomic E-state index is 13.2. The summed E-state index contributed by atoms with van der Waals surface area (Å²) in [7, 11) is 1.80. The second-order valence-corrected chi connectivity index (χ2v) is 9.52. The lowest BCUT2D eigenvalue weighted by Gasteiger charge is -2.51. The molecule has 8 heteroatoms. The third-order valence-corrected chi connectivity index (χ3v) is 7.66. The molecule has 0 spiro atoms. The molecule has 3 saturated carbocycles. The molecule has 2 bridgehead atoms. The zero-order chi connectivity index (χ0) is 22.9. The third kappa shape index (κ3) is 4.42. The van der Waals surface area contributed by atoms with Gasteiger partial charge in [-0.05, 0) is 69.2 Å². The Morgan fingerprint density at radius 1 is 1.06 bits per heavy atom. The summed E-state index contributed by atoms with van der Waals surface area (Å²) >= 11 is 0. The van der Waals surface area contributed by atoms with Crippen LogP contribution in [-0.2, 0) is 14.3 Å².